The van der Waals surface area contributed by atoms with Gasteiger partial charge < -0.3 is 9.47 Å². The molecule has 0 saturated heterocycles. The molecule has 11 rings (SSSR count). The smallest absolute Gasteiger partial charge is 0.0629 e. The van der Waals surface area contributed by atoms with E-state index in [9.17, 15) is 0 Å². The predicted molar refractivity (Wildman–Crippen MR) is 218 cm³/mol. The normalized spacial score (nSPS) is 16.4. The molecular formula is C48H32N2S. The van der Waals surface area contributed by atoms with Gasteiger partial charge in [-0.1, -0.05) is 115 Å². The number of fused-ring (bicyclic) bond motifs is 9. The third-order valence-corrected chi connectivity index (χ3v) is 12.0. The van der Waals surface area contributed by atoms with E-state index in [1.807, 2.05) is 11.3 Å². The summed E-state index contributed by atoms with van der Waals surface area (Å²) in [6.07, 6.45) is 9.10. The molecule has 3 heterocycles. The van der Waals surface area contributed by atoms with Crippen LogP contribution in [0.3, 0.4) is 0 Å². The highest BCUT2D eigenvalue weighted by molar-refractivity contribution is 7.25. The molecule has 1 aliphatic carbocycles. The van der Waals surface area contributed by atoms with Gasteiger partial charge in [0.1, 0.15) is 0 Å². The molecule has 0 saturated carbocycles. The highest BCUT2D eigenvalue weighted by Gasteiger charge is 2.37. The van der Waals surface area contributed by atoms with Gasteiger partial charge in [0.2, 0.25) is 0 Å². The molecule has 0 spiro atoms. The summed E-state index contributed by atoms with van der Waals surface area (Å²) in [5.41, 5.74) is 12.5. The second-order valence-corrected chi connectivity index (χ2v) is 14.8. The minimum Gasteiger partial charge on any atom is -0.333 e. The molecule has 51 heavy (non-hydrogen) atoms. The zero-order valence-corrected chi connectivity index (χ0v) is 28.6. The third-order valence-electron chi connectivity index (χ3n) is 10.9. The van der Waals surface area contributed by atoms with Crippen LogP contribution in [0.25, 0.3) is 69.9 Å². The molecular weight excluding hydrogens is 637 g/mol. The molecule has 7 aromatic carbocycles. The Labute approximate surface area is 300 Å². The molecule has 2 aliphatic rings. The Hall–Kier alpha value is -6.16. The first kappa shape index (κ1) is 28.7. The van der Waals surface area contributed by atoms with E-state index in [-0.39, 0.29) is 6.04 Å². The van der Waals surface area contributed by atoms with Crippen LogP contribution in [0.15, 0.2) is 182 Å². The average Bonchev–Trinajstić information content (AvgIpc) is 3.85. The lowest BCUT2D eigenvalue weighted by Gasteiger charge is -2.28. The van der Waals surface area contributed by atoms with Crippen molar-refractivity contribution in [2.24, 2.45) is 0 Å². The number of thiophene rings is 1. The van der Waals surface area contributed by atoms with Crippen molar-refractivity contribution in [2.45, 2.75) is 12.0 Å². The maximum Gasteiger partial charge on any atom is 0.0629 e. The van der Waals surface area contributed by atoms with E-state index < -0.39 is 0 Å². The molecule has 240 valence electrons. The molecule has 0 radical (unpaired) electrons. The van der Waals surface area contributed by atoms with E-state index in [1.54, 1.807) is 0 Å². The van der Waals surface area contributed by atoms with Gasteiger partial charge >= 0.3 is 0 Å². The quantitative estimate of drug-likeness (QED) is 0.181. The number of benzene rings is 7. The molecule has 0 N–H and O–H groups in total. The minimum atomic E-state index is 0.279. The number of nitrogens with zero attached hydrogens (tertiary/aromatic N) is 2. The second-order valence-electron chi connectivity index (χ2n) is 13.7. The van der Waals surface area contributed by atoms with Crippen molar-refractivity contribution in [2.75, 3.05) is 4.90 Å². The Kier molecular flexibility index (Phi) is 6.28. The number of aromatic nitrogens is 1. The fourth-order valence-electron chi connectivity index (χ4n) is 8.65. The number of allylic oxidation sites excluding steroid dienone is 2. The van der Waals surface area contributed by atoms with Crippen LogP contribution in [0.1, 0.15) is 11.5 Å². The van der Waals surface area contributed by atoms with Gasteiger partial charge in [0.05, 0.1) is 17.1 Å². The molecule has 0 amide bonds. The zero-order valence-electron chi connectivity index (χ0n) is 27.8. The van der Waals surface area contributed by atoms with Crippen LogP contribution in [0, 0.1) is 0 Å². The van der Waals surface area contributed by atoms with Crippen LogP contribution in [-0.2, 0) is 0 Å². The lowest BCUT2D eigenvalue weighted by atomic mass is 9.89. The highest BCUT2D eigenvalue weighted by atomic mass is 32.1. The lowest BCUT2D eigenvalue weighted by molar-refractivity contribution is 0.745. The van der Waals surface area contributed by atoms with Gasteiger partial charge in [0.25, 0.3) is 0 Å². The number of rotatable bonds is 4. The number of hydrogen-bond donors (Lipinski definition) is 0. The number of para-hydroxylation sites is 2. The first-order valence-corrected chi connectivity index (χ1v) is 18.5. The van der Waals surface area contributed by atoms with Crippen LogP contribution in [0.5, 0.6) is 0 Å². The first-order chi connectivity index (χ1) is 25.3. The summed E-state index contributed by atoms with van der Waals surface area (Å²) in [4.78, 5) is 2.50. The number of hydrogen-bond acceptors (Lipinski definition) is 2. The van der Waals surface area contributed by atoms with Crippen LogP contribution in [0.2, 0.25) is 0 Å². The Morgan fingerprint density at radius 1 is 0.471 bits per heavy atom. The highest BCUT2D eigenvalue weighted by Crippen LogP contribution is 2.49. The lowest BCUT2D eigenvalue weighted by Crippen LogP contribution is -2.28. The zero-order chi connectivity index (χ0) is 33.5. The van der Waals surface area contributed by atoms with E-state index in [0.717, 1.165) is 0 Å². The van der Waals surface area contributed by atoms with Crippen molar-refractivity contribution in [1.82, 2.24) is 4.57 Å². The Morgan fingerprint density at radius 3 is 2.08 bits per heavy atom. The SMILES string of the molecule is C1=CC2c3cc(-c4ccc5c(c4)c4ccc(-c6cccc7sc8ccccc8c67)cc4n5-c4ccccc4)ccc3N(c3ccccc3)C2C=C1. The Morgan fingerprint density at radius 2 is 1.20 bits per heavy atom. The number of anilines is 2. The summed E-state index contributed by atoms with van der Waals surface area (Å²) >= 11 is 1.87. The van der Waals surface area contributed by atoms with Crippen LogP contribution >= 0.6 is 11.3 Å². The van der Waals surface area contributed by atoms with Crippen molar-refractivity contribution in [1.29, 1.82) is 0 Å². The predicted octanol–water partition coefficient (Wildman–Crippen LogP) is 13.2. The van der Waals surface area contributed by atoms with Gasteiger partial charge in [-0.05, 0) is 94.5 Å². The molecule has 0 bridgehead atoms. The van der Waals surface area contributed by atoms with E-state index in [0.29, 0.717) is 5.92 Å². The fourth-order valence-corrected chi connectivity index (χ4v) is 9.78. The van der Waals surface area contributed by atoms with Crippen LogP contribution in [-0.4, -0.2) is 10.6 Å². The summed E-state index contributed by atoms with van der Waals surface area (Å²) in [5.74, 6) is 0.317. The maximum absolute atomic E-state index is 2.50. The van der Waals surface area contributed by atoms with Crippen molar-refractivity contribution < 1.29 is 0 Å². The van der Waals surface area contributed by atoms with Crippen molar-refractivity contribution in [3.63, 3.8) is 0 Å². The largest absolute Gasteiger partial charge is 0.333 e. The molecule has 3 heteroatoms. The standard InChI is InChI=1S/C48H32N2S/c1-3-12-34(13-4-1)49-42-19-9-7-16-37(42)40-28-31(23-26-43(40)49)32-24-27-44-41(29-32)38-25-22-33(30-45(38)50(44)35-14-5-2-6-15-35)36-18-11-21-47-48(36)39-17-8-10-20-46(39)51-47/h1-30,37,42H. The monoisotopic (exact) mass is 668 g/mol. The van der Waals surface area contributed by atoms with Gasteiger partial charge in [-0.3, -0.25) is 0 Å². The van der Waals surface area contributed by atoms with Crippen molar-refractivity contribution >= 4 is 64.7 Å². The van der Waals surface area contributed by atoms with E-state index in [2.05, 4.69) is 191 Å². The van der Waals surface area contributed by atoms with Gasteiger partial charge in [-0.2, -0.15) is 0 Å². The third kappa shape index (κ3) is 4.35. The van der Waals surface area contributed by atoms with E-state index >= 15 is 0 Å². The first-order valence-electron chi connectivity index (χ1n) is 17.7. The molecule has 9 aromatic rings. The molecule has 0 fully saturated rings. The Bertz CT molecular complexity index is 2870. The molecule has 1 aliphatic heterocycles. The van der Waals surface area contributed by atoms with E-state index in [1.165, 1.54) is 86.9 Å². The van der Waals surface area contributed by atoms with E-state index in [4.69, 9.17) is 0 Å². The summed E-state index contributed by atoms with van der Waals surface area (Å²) < 4.78 is 5.10. The van der Waals surface area contributed by atoms with Crippen molar-refractivity contribution in [3.05, 3.63) is 188 Å². The Balaban J connectivity index is 1.09. The minimum absolute atomic E-state index is 0.279. The van der Waals surface area contributed by atoms with Crippen LogP contribution < -0.4 is 4.90 Å². The molecule has 2 atom stereocenters. The topological polar surface area (TPSA) is 8.17 Å². The van der Waals surface area contributed by atoms with Gasteiger partial charge in [0.15, 0.2) is 0 Å². The summed E-state index contributed by atoms with van der Waals surface area (Å²) in [6.45, 7) is 0. The van der Waals surface area contributed by atoms with Gasteiger partial charge in [-0.15, -0.1) is 11.3 Å². The molecule has 2 nitrogen and oxygen atoms in total. The summed E-state index contributed by atoms with van der Waals surface area (Å²) in [7, 11) is 0. The van der Waals surface area contributed by atoms with Gasteiger partial charge in [0, 0.05) is 53.9 Å². The van der Waals surface area contributed by atoms with Crippen molar-refractivity contribution in [3.8, 4) is 27.9 Å². The summed E-state index contributed by atoms with van der Waals surface area (Å²) in [6, 6.07) is 58.6. The maximum atomic E-state index is 2.50. The fraction of sp³-hybridized carbons (Fsp3) is 0.0417. The van der Waals surface area contributed by atoms with Crippen LogP contribution in [0.4, 0.5) is 11.4 Å². The molecule has 2 unspecified atom stereocenters. The molecule has 2 aromatic heterocycles. The second kappa shape index (κ2) is 11.2. The summed E-state index contributed by atoms with van der Waals surface area (Å²) in [5, 5.41) is 5.20. The average molecular weight is 669 g/mol. The van der Waals surface area contributed by atoms with Gasteiger partial charge in [-0.25, -0.2) is 0 Å².